The number of hydrazine groups is 1. The van der Waals surface area contributed by atoms with E-state index in [1.165, 1.54) is 11.3 Å². The largest absolute Gasteiger partial charge is 0.326 e. The summed E-state index contributed by atoms with van der Waals surface area (Å²) in [5.41, 5.74) is 7.27. The van der Waals surface area contributed by atoms with Crippen LogP contribution in [0.3, 0.4) is 0 Å². The van der Waals surface area contributed by atoms with Crippen molar-refractivity contribution < 1.29 is 9.59 Å². The Kier molecular flexibility index (Phi) is 4.97. The molecule has 4 aromatic rings. The van der Waals surface area contributed by atoms with Gasteiger partial charge < -0.3 is 4.57 Å². The van der Waals surface area contributed by atoms with Gasteiger partial charge in [-0.1, -0.05) is 28.1 Å². The van der Waals surface area contributed by atoms with Crippen LogP contribution in [0.4, 0.5) is 0 Å². The van der Waals surface area contributed by atoms with Crippen LogP contribution in [-0.2, 0) is 7.05 Å². The number of benzene rings is 2. The first-order valence-electron chi connectivity index (χ1n) is 8.41. The highest BCUT2D eigenvalue weighted by molar-refractivity contribution is 9.10. The molecule has 8 heteroatoms. The number of aryl methyl sites for hydroxylation is 1. The Morgan fingerprint density at radius 1 is 0.964 bits per heavy atom. The molecule has 2 aromatic carbocycles. The number of aromatic nitrogens is 2. The number of nitrogens with one attached hydrogen (secondary N) is 2. The molecular formula is C20H15BrN4O2S. The van der Waals surface area contributed by atoms with Crippen LogP contribution in [0.5, 0.6) is 0 Å². The molecule has 2 amide bonds. The van der Waals surface area contributed by atoms with Gasteiger partial charge in [-0.3, -0.25) is 20.4 Å². The van der Waals surface area contributed by atoms with Gasteiger partial charge in [0.1, 0.15) is 0 Å². The summed E-state index contributed by atoms with van der Waals surface area (Å²) >= 11 is 4.64. The lowest BCUT2D eigenvalue weighted by atomic mass is 10.2. The smallest absolute Gasteiger partial charge is 0.279 e. The highest BCUT2D eigenvalue weighted by Gasteiger charge is 2.15. The molecule has 0 bridgehead atoms. The van der Waals surface area contributed by atoms with Crippen molar-refractivity contribution in [2.24, 2.45) is 7.05 Å². The monoisotopic (exact) mass is 454 g/mol. The van der Waals surface area contributed by atoms with Crippen LogP contribution in [0.15, 0.2) is 65.1 Å². The van der Waals surface area contributed by atoms with Crippen LogP contribution in [0, 0.1) is 0 Å². The lowest BCUT2D eigenvalue weighted by Gasteiger charge is -2.06. The van der Waals surface area contributed by atoms with Crippen LogP contribution in [0.1, 0.15) is 20.0 Å². The molecule has 140 valence electrons. The fourth-order valence-electron chi connectivity index (χ4n) is 2.79. The van der Waals surface area contributed by atoms with E-state index in [9.17, 15) is 9.59 Å². The minimum atomic E-state index is -0.381. The fraction of sp³-hybridized carbons (Fsp3) is 0.0500. The summed E-state index contributed by atoms with van der Waals surface area (Å²) in [7, 11) is 1.95. The van der Waals surface area contributed by atoms with Crippen molar-refractivity contribution in [3.8, 4) is 10.7 Å². The van der Waals surface area contributed by atoms with E-state index < -0.39 is 0 Å². The number of para-hydroxylation sites is 2. The number of nitrogens with zero attached hydrogens (tertiary/aromatic N) is 2. The van der Waals surface area contributed by atoms with E-state index in [-0.39, 0.29) is 11.8 Å². The normalized spacial score (nSPS) is 10.8. The van der Waals surface area contributed by atoms with Crippen molar-refractivity contribution in [3.05, 3.63) is 75.6 Å². The fourth-order valence-corrected chi connectivity index (χ4v) is 3.99. The van der Waals surface area contributed by atoms with Crippen LogP contribution in [-0.4, -0.2) is 21.4 Å². The molecule has 0 saturated carbocycles. The molecule has 2 aromatic heterocycles. The Bertz CT molecular complexity index is 1180. The van der Waals surface area contributed by atoms with Gasteiger partial charge in [0.15, 0.2) is 5.82 Å². The number of hydrogen-bond acceptors (Lipinski definition) is 4. The van der Waals surface area contributed by atoms with E-state index in [2.05, 4.69) is 31.8 Å². The average Bonchev–Trinajstić information content (AvgIpc) is 3.32. The van der Waals surface area contributed by atoms with Gasteiger partial charge in [-0.25, -0.2) is 4.98 Å². The maximum Gasteiger partial charge on any atom is 0.279 e. The van der Waals surface area contributed by atoms with Crippen molar-refractivity contribution in [3.63, 3.8) is 0 Å². The molecule has 0 fully saturated rings. The lowest BCUT2D eigenvalue weighted by Crippen LogP contribution is -2.41. The van der Waals surface area contributed by atoms with E-state index in [0.717, 1.165) is 26.2 Å². The van der Waals surface area contributed by atoms with E-state index in [1.807, 2.05) is 41.9 Å². The van der Waals surface area contributed by atoms with Gasteiger partial charge >= 0.3 is 0 Å². The Balaban J connectivity index is 1.47. The van der Waals surface area contributed by atoms with E-state index in [1.54, 1.807) is 30.3 Å². The molecule has 0 saturated heterocycles. The Labute approximate surface area is 173 Å². The summed E-state index contributed by atoms with van der Waals surface area (Å²) in [4.78, 5) is 30.5. The van der Waals surface area contributed by atoms with Gasteiger partial charge in [0.25, 0.3) is 11.8 Å². The average molecular weight is 455 g/mol. The van der Waals surface area contributed by atoms with Crippen LogP contribution in [0.25, 0.3) is 21.7 Å². The number of thiophene rings is 1. The van der Waals surface area contributed by atoms with Crippen molar-refractivity contribution in [1.29, 1.82) is 0 Å². The van der Waals surface area contributed by atoms with Gasteiger partial charge in [0.2, 0.25) is 0 Å². The minimum Gasteiger partial charge on any atom is -0.326 e. The van der Waals surface area contributed by atoms with Gasteiger partial charge in [-0.2, -0.15) is 0 Å². The zero-order chi connectivity index (χ0) is 19.7. The molecular weight excluding hydrogens is 440 g/mol. The van der Waals surface area contributed by atoms with Crippen molar-refractivity contribution in [1.82, 2.24) is 20.4 Å². The number of halogens is 1. The molecule has 0 aliphatic carbocycles. The van der Waals surface area contributed by atoms with E-state index in [0.29, 0.717) is 10.4 Å². The number of rotatable bonds is 3. The van der Waals surface area contributed by atoms with Crippen LogP contribution in [0.2, 0.25) is 0 Å². The molecule has 28 heavy (non-hydrogen) atoms. The van der Waals surface area contributed by atoms with E-state index in [4.69, 9.17) is 0 Å². The summed E-state index contributed by atoms with van der Waals surface area (Å²) in [5, 5.41) is 0. The highest BCUT2D eigenvalue weighted by atomic mass is 79.9. The second-order valence-electron chi connectivity index (χ2n) is 6.06. The van der Waals surface area contributed by atoms with Crippen molar-refractivity contribution in [2.75, 3.05) is 0 Å². The number of carbonyl (C=O) groups excluding carboxylic acids is 2. The summed E-state index contributed by atoms with van der Waals surface area (Å²) in [6, 6.07) is 18.3. The Hall–Kier alpha value is -2.97. The second kappa shape index (κ2) is 7.57. The molecule has 0 aliphatic rings. The predicted octanol–water partition coefficient (Wildman–Crippen LogP) is 4.14. The molecule has 6 nitrogen and oxygen atoms in total. The zero-order valence-corrected chi connectivity index (χ0v) is 17.2. The lowest BCUT2D eigenvalue weighted by molar-refractivity contribution is 0.0849. The SMILES string of the molecule is Cn1c(-c2ccc(C(=O)NNC(=O)c3ccc(Br)cc3)s2)nc2ccccc21. The van der Waals surface area contributed by atoms with E-state index >= 15 is 0 Å². The maximum absolute atomic E-state index is 12.4. The quantitative estimate of drug-likeness (QED) is 0.456. The van der Waals surface area contributed by atoms with Gasteiger partial charge in [0.05, 0.1) is 20.8 Å². The van der Waals surface area contributed by atoms with Crippen LogP contribution < -0.4 is 10.9 Å². The number of hydrogen-bond donors (Lipinski definition) is 2. The zero-order valence-electron chi connectivity index (χ0n) is 14.8. The summed E-state index contributed by atoms with van der Waals surface area (Å²) < 4.78 is 2.87. The van der Waals surface area contributed by atoms with Gasteiger partial charge in [-0.05, 0) is 48.5 Å². The number of imidazole rings is 1. The molecule has 0 spiro atoms. The summed E-state index contributed by atoms with van der Waals surface area (Å²) in [5.74, 6) is 0.0394. The first-order chi connectivity index (χ1) is 13.5. The number of fused-ring (bicyclic) bond motifs is 1. The molecule has 0 unspecified atom stereocenters. The molecule has 0 atom stereocenters. The Morgan fingerprint density at radius 2 is 1.68 bits per heavy atom. The minimum absolute atomic E-state index is 0.375. The molecule has 4 rings (SSSR count). The third-order valence-electron chi connectivity index (χ3n) is 4.23. The second-order valence-corrected chi connectivity index (χ2v) is 8.06. The topological polar surface area (TPSA) is 76.0 Å². The van der Waals surface area contributed by atoms with Crippen molar-refractivity contribution in [2.45, 2.75) is 0 Å². The van der Waals surface area contributed by atoms with Gasteiger partial charge in [-0.15, -0.1) is 11.3 Å². The summed E-state index contributed by atoms with van der Waals surface area (Å²) in [6.07, 6.45) is 0. The summed E-state index contributed by atoms with van der Waals surface area (Å²) in [6.45, 7) is 0. The number of carbonyl (C=O) groups is 2. The van der Waals surface area contributed by atoms with Gasteiger partial charge in [0, 0.05) is 17.1 Å². The first-order valence-corrected chi connectivity index (χ1v) is 10.0. The number of amides is 2. The highest BCUT2D eigenvalue weighted by Crippen LogP contribution is 2.29. The maximum atomic E-state index is 12.4. The first kappa shape index (κ1) is 18.4. The predicted molar refractivity (Wildman–Crippen MR) is 113 cm³/mol. The van der Waals surface area contributed by atoms with Crippen LogP contribution >= 0.6 is 27.3 Å². The third kappa shape index (κ3) is 3.56. The Morgan fingerprint density at radius 3 is 2.43 bits per heavy atom. The third-order valence-corrected chi connectivity index (χ3v) is 5.84. The standard InChI is InChI=1S/C20H15BrN4O2S/c1-25-15-5-3-2-4-14(15)22-18(25)16-10-11-17(28-16)20(27)24-23-19(26)12-6-8-13(21)9-7-12/h2-11H,1H3,(H,23,26)(H,24,27). The molecule has 0 aliphatic heterocycles. The van der Waals surface area contributed by atoms with Crippen molar-refractivity contribution >= 4 is 50.1 Å². The molecule has 0 radical (unpaired) electrons. The molecule has 2 N–H and O–H groups in total. The molecule has 2 heterocycles.